The maximum Gasteiger partial charge on any atom is 0.311 e. The number of aromatic nitrogens is 1. The van der Waals surface area contributed by atoms with Gasteiger partial charge in [-0.25, -0.2) is 4.98 Å². The van der Waals surface area contributed by atoms with Crippen LogP contribution in [0.5, 0.6) is 0 Å². The van der Waals surface area contributed by atoms with E-state index in [2.05, 4.69) is 4.98 Å². The number of hydrogen-bond donors (Lipinski definition) is 1. The zero-order valence-electron chi connectivity index (χ0n) is 9.92. The molecule has 0 amide bonds. The van der Waals surface area contributed by atoms with E-state index in [-0.39, 0.29) is 11.5 Å². The van der Waals surface area contributed by atoms with Gasteiger partial charge in [0, 0.05) is 26.3 Å². The van der Waals surface area contributed by atoms with Gasteiger partial charge >= 0.3 is 5.69 Å². The first-order valence-corrected chi connectivity index (χ1v) is 5.25. The van der Waals surface area contributed by atoms with Crippen molar-refractivity contribution in [2.75, 3.05) is 37.4 Å². The smallest absolute Gasteiger partial charge is 0.311 e. The van der Waals surface area contributed by atoms with E-state index in [1.165, 1.54) is 6.07 Å². The molecular weight excluding hydrogens is 224 g/mol. The summed E-state index contributed by atoms with van der Waals surface area (Å²) in [7, 11) is 1.62. The number of pyridine rings is 1. The van der Waals surface area contributed by atoms with E-state index in [1.54, 1.807) is 13.2 Å². The fourth-order valence-corrected chi connectivity index (χ4v) is 1.42. The Balaban J connectivity index is 2.90. The van der Waals surface area contributed by atoms with Crippen molar-refractivity contribution in [2.45, 2.75) is 6.92 Å². The molecule has 0 fully saturated rings. The van der Waals surface area contributed by atoms with Crippen LogP contribution in [0.25, 0.3) is 0 Å². The number of likely N-dealkylation sites (N-methyl/N-ethyl adjacent to an activating group) is 1. The van der Waals surface area contributed by atoms with Crippen molar-refractivity contribution in [2.24, 2.45) is 0 Å². The van der Waals surface area contributed by atoms with Crippen LogP contribution in [-0.2, 0) is 4.74 Å². The standard InChI is InChI=1S/C10H16N4O3/c1-3-13(6-7-17-2)9-5-4-8(14(15)16)10(11)12-9/h4-5H,3,6-7H2,1-2H3,(H2,11,12). The first-order valence-electron chi connectivity index (χ1n) is 5.25. The third-order valence-corrected chi connectivity index (χ3v) is 2.36. The van der Waals surface area contributed by atoms with Gasteiger partial charge in [-0.1, -0.05) is 0 Å². The van der Waals surface area contributed by atoms with Gasteiger partial charge in [0.05, 0.1) is 11.5 Å². The zero-order valence-corrected chi connectivity index (χ0v) is 9.92. The average Bonchev–Trinajstić information content (AvgIpc) is 2.29. The molecule has 0 radical (unpaired) electrons. The molecule has 0 spiro atoms. The molecule has 0 aliphatic carbocycles. The summed E-state index contributed by atoms with van der Waals surface area (Å²) in [6, 6.07) is 2.96. The number of nitrogens with zero attached hydrogens (tertiary/aromatic N) is 3. The van der Waals surface area contributed by atoms with Crippen LogP contribution < -0.4 is 10.6 Å². The predicted molar refractivity (Wildman–Crippen MR) is 65.1 cm³/mol. The Bertz CT molecular complexity index is 397. The number of rotatable bonds is 6. The summed E-state index contributed by atoms with van der Waals surface area (Å²) in [5.74, 6) is 0.552. The maximum absolute atomic E-state index is 10.6. The van der Waals surface area contributed by atoms with Crippen molar-refractivity contribution in [3.05, 3.63) is 22.2 Å². The van der Waals surface area contributed by atoms with Crippen LogP contribution in [0.3, 0.4) is 0 Å². The molecule has 7 heteroatoms. The van der Waals surface area contributed by atoms with Crippen molar-refractivity contribution in [1.29, 1.82) is 0 Å². The van der Waals surface area contributed by atoms with Gasteiger partial charge in [0.25, 0.3) is 0 Å². The minimum absolute atomic E-state index is 0.0663. The molecule has 0 unspecified atom stereocenters. The van der Waals surface area contributed by atoms with Crippen LogP contribution in [0.4, 0.5) is 17.3 Å². The second-order valence-electron chi connectivity index (χ2n) is 3.40. The quantitative estimate of drug-likeness (QED) is 0.589. The maximum atomic E-state index is 10.6. The van der Waals surface area contributed by atoms with Crippen molar-refractivity contribution >= 4 is 17.3 Å². The molecule has 0 atom stereocenters. The predicted octanol–water partition coefficient (Wildman–Crippen LogP) is 1.04. The molecule has 17 heavy (non-hydrogen) atoms. The Morgan fingerprint density at radius 3 is 2.76 bits per heavy atom. The molecule has 0 aromatic carbocycles. The Hall–Kier alpha value is -1.89. The van der Waals surface area contributed by atoms with Gasteiger partial charge in [-0.2, -0.15) is 0 Å². The summed E-state index contributed by atoms with van der Waals surface area (Å²) in [6.45, 7) is 3.92. The van der Waals surface area contributed by atoms with Gasteiger partial charge in [0.15, 0.2) is 0 Å². The average molecular weight is 240 g/mol. The van der Waals surface area contributed by atoms with Gasteiger partial charge in [-0.15, -0.1) is 0 Å². The van der Waals surface area contributed by atoms with Crippen LogP contribution in [0.1, 0.15) is 6.92 Å². The molecule has 0 saturated carbocycles. The number of hydrogen-bond acceptors (Lipinski definition) is 6. The minimum atomic E-state index is -0.544. The van der Waals surface area contributed by atoms with E-state index in [1.807, 2.05) is 11.8 Å². The molecular formula is C10H16N4O3. The van der Waals surface area contributed by atoms with Gasteiger partial charge in [0.1, 0.15) is 5.82 Å². The highest BCUT2D eigenvalue weighted by atomic mass is 16.6. The summed E-state index contributed by atoms with van der Waals surface area (Å²) in [5.41, 5.74) is 5.36. The van der Waals surface area contributed by atoms with Crippen LogP contribution >= 0.6 is 0 Å². The highest BCUT2D eigenvalue weighted by Crippen LogP contribution is 2.22. The summed E-state index contributed by atoms with van der Waals surface area (Å²) in [4.78, 5) is 16.0. The van der Waals surface area contributed by atoms with Crippen LogP contribution in [-0.4, -0.2) is 36.7 Å². The third kappa shape index (κ3) is 3.28. The first-order chi connectivity index (χ1) is 8.10. The van der Waals surface area contributed by atoms with Gasteiger partial charge < -0.3 is 15.4 Å². The molecule has 0 bridgehead atoms. The molecule has 2 N–H and O–H groups in total. The van der Waals surface area contributed by atoms with E-state index in [4.69, 9.17) is 10.5 Å². The van der Waals surface area contributed by atoms with Crippen molar-refractivity contribution in [1.82, 2.24) is 4.98 Å². The fraction of sp³-hybridized carbons (Fsp3) is 0.500. The van der Waals surface area contributed by atoms with Crippen molar-refractivity contribution in [3.63, 3.8) is 0 Å². The van der Waals surface area contributed by atoms with Crippen LogP contribution in [0, 0.1) is 10.1 Å². The van der Waals surface area contributed by atoms with Crippen molar-refractivity contribution < 1.29 is 9.66 Å². The highest BCUT2D eigenvalue weighted by Gasteiger charge is 2.15. The lowest BCUT2D eigenvalue weighted by atomic mass is 10.3. The third-order valence-electron chi connectivity index (χ3n) is 2.36. The van der Waals surface area contributed by atoms with E-state index >= 15 is 0 Å². The lowest BCUT2D eigenvalue weighted by Crippen LogP contribution is -2.27. The summed E-state index contributed by atoms with van der Waals surface area (Å²) < 4.78 is 4.98. The summed E-state index contributed by atoms with van der Waals surface area (Å²) in [6.07, 6.45) is 0. The van der Waals surface area contributed by atoms with E-state index < -0.39 is 4.92 Å². The topological polar surface area (TPSA) is 94.5 Å². The molecule has 1 aromatic heterocycles. The van der Waals surface area contributed by atoms with E-state index in [0.29, 0.717) is 19.0 Å². The second kappa shape index (κ2) is 6.00. The van der Waals surface area contributed by atoms with Gasteiger partial charge in [0.2, 0.25) is 5.82 Å². The zero-order chi connectivity index (χ0) is 12.8. The SMILES string of the molecule is CCN(CCOC)c1ccc([N+](=O)[O-])c(N)n1. The second-order valence-corrected chi connectivity index (χ2v) is 3.40. The number of ether oxygens (including phenoxy) is 1. The lowest BCUT2D eigenvalue weighted by molar-refractivity contribution is -0.384. The Labute approximate surface area is 99.3 Å². The molecule has 0 aliphatic rings. The number of anilines is 2. The van der Waals surface area contributed by atoms with Gasteiger partial charge in [-0.3, -0.25) is 10.1 Å². The van der Waals surface area contributed by atoms with Gasteiger partial charge in [-0.05, 0) is 13.0 Å². The highest BCUT2D eigenvalue weighted by molar-refractivity contribution is 5.57. The van der Waals surface area contributed by atoms with E-state index in [9.17, 15) is 10.1 Å². The molecule has 1 aromatic rings. The molecule has 1 rings (SSSR count). The molecule has 0 aliphatic heterocycles. The monoisotopic (exact) mass is 240 g/mol. The Morgan fingerprint density at radius 2 is 2.29 bits per heavy atom. The number of nitrogen functional groups attached to an aromatic ring is 1. The van der Waals surface area contributed by atoms with Crippen LogP contribution in [0.2, 0.25) is 0 Å². The van der Waals surface area contributed by atoms with Crippen molar-refractivity contribution in [3.8, 4) is 0 Å². The Morgan fingerprint density at radius 1 is 1.59 bits per heavy atom. The summed E-state index contributed by atoms with van der Waals surface area (Å²) in [5, 5.41) is 10.6. The number of nitro groups is 1. The molecule has 7 nitrogen and oxygen atoms in total. The number of methoxy groups -OCH3 is 1. The first kappa shape index (κ1) is 13.2. The number of nitrogens with two attached hydrogens (primary N) is 1. The summed E-state index contributed by atoms with van der Waals surface area (Å²) >= 11 is 0. The molecule has 1 heterocycles. The Kier molecular flexibility index (Phi) is 4.65. The largest absolute Gasteiger partial charge is 0.383 e. The molecule has 94 valence electrons. The lowest BCUT2D eigenvalue weighted by Gasteiger charge is -2.21. The normalized spacial score (nSPS) is 10.2. The van der Waals surface area contributed by atoms with Crippen LogP contribution in [0.15, 0.2) is 12.1 Å². The van der Waals surface area contributed by atoms with E-state index in [0.717, 1.165) is 6.54 Å². The minimum Gasteiger partial charge on any atom is -0.383 e. The molecule has 0 saturated heterocycles. The fourth-order valence-electron chi connectivity index (χ4n) is 1.42.